The fourth-order valence-electron chi connectivity index (χ4n) is 3.01. The Morgan fingerprint density at radius 2 is 1.42 bits per heavy atom. The van der Waals surface area contributed by atoms with Crippen LogP contribution in [0.15, 0.2) is 24.4 Å². The number of carboxylic acids is 1. The number of nitrogens with zero attached hydrogens (tertiary/aromatic N) is 1. The second-order valence-corrected chi connectivity index (χ2v) is 6.89. The van der Waals surface area contributed by atoms with E-state index in [9.17, 15) is 9.90 Å². The number of unbranched alkanes of at least 4 members (excludes halogenated alkanes) is 11. The predicted molar refractivity (Wildman–Crippen MR) is 101 cm³/mol. The molecule has 0 aliphatic heterocycles. The molecule has 1 N–H and O–H groups in total. The molecule has 0 fully saturated rings. The summed E-state index contributed by atoms with van der Waals surface area (Å²) in [5.41, 5.74) is 1.25. The van der Waals surface area contributed by atoms with Crippen molar-refractivity contribution in [3.05, 3.63) is 30.1 Å². The van der Waals surface area contributed by atoms with Gasteiger partial charge in [0.15, 0.2) is 0 Å². The van der Waals surface area contributed by atoms with Crippen molar-refractivity contribution >= 4 is 5.97 Å². The van der Waals surface area contributed by atoms with Gasteiger partial charge in [0.25, 0.3) is 0 Å². The number of carbonyl (C=O) groups excluding carboxylic acids is 1. The van der Waals surface area contributed by atoms with Gasteiger partial charge < -0.3 is 9.90 Å². The fourth-order valence-corrected chi connectivity index (χ4v) is 3.01. The third-order valence-electron chi connectivity index (χ3n) is 4.54. The number of nitrogens with one attached hydrogen (secondary N) is 1. The average molecular weight is 371 g/mol. The van der Waals surface area contributed by atoms with Crippen molar-refractivity contribution in [3.63, 3.8) is 0 Å². The first kappa shape index (κ1) is 25.4. The van der Waals surface area contributed by atoms with E-state index in [1.54, 1.807) is 0 Å². The maximum absolute atomic E-state index is 10.3. The molecule has 0 bridgehead atoms. The summed E-state index contributed by atoms with van der Waals surface area (Å²) in [6, 6.07) is 2.06. The molecule has 5 heteroatoms. The first-order valence-electron chi connectivity index (χ1n) is 10.1. The average Bonchev–Trinajstić information content (AvgIpc) is 3.11. The molecule has 1 aromatic rings. The van der Waals surface area contributed by atoms with Crippen LogP contribution in [0.1, 0.15) is 95.6 Å². The number of aromatic amines is 1. The van der Waals surface area contributed by atoms with Crippen molar-refractivity contribution in [2.75, 3.05) is 0 Å². The number of carbonyl (C=O) groups is 1. The Morgan fingerprint density at radius 1 is 0.885 bits per heavy atom. The molecule has 1 heterocycles. The van der Waals surface area contributed by atoms with Crippen LogP contribution < -0.4 is 34.7 Å². The molecule has 0 spiro atoms. The van der Waals surface area contributed by atoms with Gasteiger partial charge in [-0.2, -0.15) is 5.10 Å². The third-order valence-corrected chi connectivity index (χ3v) is 4.54. The van der Waals surface area contributed by atoms with Crippen molar-refractivity contribution in [3.8, 4) is 0 Å². The summed E-state index contributed by atoms with van der Waals surface area (Å²) < 4.78 is 0. The zero-order chi connectivity index (χ0) is 18.0. The second-order valence-electron chi connectivity index (χ2n) is 6.89. The van der Waals surface area contributed by atoms with Gasteiger partial charge >= 0.3 is 29.6 Å². The van der Waals surface area contributed by atoms with Crippen molar-refractivity contribution in [2.24, 2.45) is 0 Å². The Morgan fingerprint density at radius 3 is 1.96 bits per heavy atom. The number of rotatable bonds is 17. The van der Waals surface area contributed by atoms with Crippen molar-refractivity contribution in [2.45, 2.75) is 96.3 Å². The maximum Gasteiger partial charge on any atom is 1.00 e. The Bertz CT molecular complexity index is 447. The summed E-state index contributed by atoms with van der Waals surface area (Å²) in [4.78, 5) is 10.3. The summed E-state index contributed by atoms with van der Waals surface area (Å²) in [7, 11) is 0. The van der Waals surface area contributed by atoms with Crippen LogP contribution >= 0.6 is 0 Å². The minimum Gasteiger partial charge on any atom is -0.550 e. The largest absolute Gasteiger partial charge is 1.00 e. The monoisotopic (exact) mass is 370 g/mol. The van der Waals surface area contributed by atoms with E-state index in [2.05, 4.69) is 28.4 Å². The van der Waals surface area contributed by atoms with Gasteiger partial charge in [-0.1, -0.05) is 57.1 Å². The second kappa shape index (κ2) is 19.2. The molecule has 1 aromatic heterocycles. The summed E-state index contributed by atoms with van der Waals surface area (Å²) in [6.45, 7) is 0. The first-order valence-corrected chi connectivity index (χ1v) is 10.1. The van der Waals surface area contributed by atoms with Crippen LogP contribution in [-0.4, -0.2) is 16.2 Å². The summed E-state index contributed by atoms with van der Waals surface area (Å²) in [6.07, 6.45) is 23.4. The van der Waals surface area contributed by atoms with E-state index in [0.717, 1.165) is 32.1 Å². The van der Waals surface area contributed by atoms with Gasteiger partial charge in [0.2, 0.25) is 0 Å². The number of aromatic nitrogens is 2. The molecule has 0 aromatic carbocycles. The van der Waals surface area contributed by atoms with Gasteiger partial charge in [0.05, 0.1) is 0 Å². The third kappa shape index (κ3) is 16.9. The Kier molecular flexibility index (Phi) is 18.8. The zero-order valence-electron chi connectivity index (χ0n) is 16.7. The van der Waals surface area contributed by atoms with Crippen LogP contribution in [0.4, 0.5) is 0 Å². The Labute approximate surface area is 181 Å². The van der Waals surface area contributed by atoms with Crippen molar-refractivity contribution < 1.29 is 39.5 Å². The van der Waals surface area contributed by atoms with Gasteiger partial charge in [-0.25, -0.2) is 0 Å². The van der Waals surface area contributed by atoms with Crippen LogP contribution in [0.2, 0.25) is 0 Å². The standard InChI is InChI=1S/C21H36N2O2.Na/c24-21(25)17-15-13-11-9-7-5-3-1-2-4-6-8-10-12-14-16-20-18-19-22-23-20;/h1,3,18-19H,2,4-17H2,(H,22,23)(H,24,25);/q;+1/p-1/b3-1-;. The summed E-state index contributed by atoms with van der Waals surface area (Å²) >= 11 is 0. The summed E-state index contributed by atoms with van der Waals surface area (Å²) in [5.74, 6) is -0.919. The number of hydrogen-bond donors (Lipinski definition) is 1. The number of aryl methyl sites for hydroxylation is 1. The number of carboxylic acid groups (broad SMARTS) is 1. The zero-order valence-corrected chi connectivity index (χ0v) is 18.7. The van der Waals surface area contributed by atoms with Crippen molar-refractivity contribution in [1.29, 1.82) is 0 Å². The SMILES string of the molecule is O=C([O-])CCCCCCC/C=C\CCCCCCCCc1ccn[nH]1.[Na+]. The van der Waals surface area contributed by atoms with Crippen LogP contribution in [0.5, 0.6) is 0 Å². The van der Waals surface area contributed by atoms with Crippen LogP contribution in [0.3, 0.4) is 0 Å². The molecule has 0 amide bonds. The minimum absolute atomic E-state index is 0. The molecule has 0 saturated carbocycles. The Hall–Kier alpha value is -0.580. The fraction of sp³-hybridized carbons (Fsp3) is 0.714. The molecule has 0 saturated heterocycles. The van der Waals surface area contributed by atoms with E-state index in [-0.39, 0.29) is 36.0 Å². The molecular weight excluding hydrogens is 335 g/mol. The number of aliphatic carboxylic acids is 1. The van der Waals surface area contributed by atoms with E-state index in [1.165, 1.54) is 63.5 Å². The van der Waals surface area contributed by atoms with Crippen LogP contribution in [0, 0.1) is 0 Å². The van der Waals surface area contributed by atoms with Crippen molar-refractivity contribution in [1.82, 2.24) is 10.2 Å². The van der Waals surface area contributed by atoms with Crippen LogP contribution in [-0.2, 0) is 11.2 Å². The molecule has 142 valence electrons. The van der Waals surface area contributed by atoms with E-state index in [0.29, 0.717) is 0 Å². The van der Waals surface area contributed by atoms with Gasteiger partial charge in [0.1, 0.15) is 0 Å². The van der Waals surface area contributed by atoms with Gasteiger partial charge in [-0.05, 0) is 57.4 Å². The Balaban J connectivity index is 0.00000625. The van der Waals surface area contributed by atoms with Gasteiger partial charge in [-0.3, -0.25) is 5.10 Å². The van der Waals surface area contributed by atoms with Crippen LogP contribution in [0.25, 0.3) is 0 Å². The number of H-pyrrole nitrogens is 1. The van der Waals surface area contributed by atoms with E-state index in [1.807, 2.05) is 6.20 Å². The normalized spacial score (nSPS) is 10.9. The van der Waals surface area contributed by atoms with E-state index < -0.39 is 5.97 Å². The van der Waals surface area contributed by atoms with Gasteiger partial charge in [-0.15, -0.1) is 0 Å². The molecule has 0 unspecified atom stereocenters. The minimum atomic E-state index is -0.919. The summed E-state index contributed by atoms with van der Waals surface area (Å²) in [5, 5.41) is 17.2. The topological polar surface area (TPSA) is 68.8 Å². The molecule has 4 nitrogen and oxygen atoms in total. The molecule has 0 atom stereocenters. The maximum atomic E-state index is 10.3. The molecule has 0 aliphatic carbocycles. The molecule has 0 aliphatic rings. The first-order chi connectivity index (χ1) is 12.3. The smallest absolute Gasteiger partial charge is 0.550 e. The molecule has 26 heavy (non-hydrogen) atoms. The molecule has 0 radical (unpaired) electrons. The number of allylic oxidation sites excluding steroid dienone is 2. The van der Waals surface area contributed by atoms with E-state index >= 15 is 0 Å². The van der Waals surface area contributed by atoms with E-state index in [4.69, 9.17) is 0 Å². The number of hydrogen-bond acceptors (Lipinski definition) is 3. The molecule has 1 rings (SSSR count). The predicted octanol–water partition coefficient (Wildman–Crippen LogP) is 1.72. The quantitative estimate of drug-likeness (QED) is 0.258. The molecular formula is C21H35N2NaO2. The van der Waals surface area contributed by atoms with Gasteiger partial charge in [0, 0.05) is 17.9 Å².